The van der Waals surface area contributed by atoms with E-state index in [0.717, 1.165) is 16.8 Å². The second-order valence-corrected chi connectivity index (χ2v) is 6.97. The number of carbonyl (C=O) groups excluding carboxylic acids is 1. The molecule has 0 aliphatic heterocycles. The molecule has 0 unspecified atom stereocenters. The van der Waals surface area contributed by atoms with E-state index in [1.54, 1.807) is 25.4 Å². The number of benzene rings is 1. The number of aromatic nitrogens is 2. The zero-order chi connectivity index (χ0) is 19.9. The fourth-order valence-electron chi connectivity index (χ4n) is 2.72. The number of nitrogens with zero attached hydrogens (tertiary/aromatic N) is 2. The molecule has 7 heteroatoms. The predicted octanol–water partition coefficient (Wildman–Crippen LogP) is 4.32. The summed E-state index contributed by atoms with van der Waals surface area (Å²) < 4.78 is 5.39. The third kappa shape index (κ3) is 5.52. The molecule has 5 nitrogen and oxygen atoms in total. The van der Waals surface area contributed by atoms with Crippen LogP contribution in [0.15, 0.2) is 60.8 Å². The van der Waals surface area contributed by atoms with Gasteiger partial charge < -0.3 is 10.1 Å². The monoisotopic (exact) mass is 415 g/mol. The number of hydrogen-bond acceptors (Lipinski definition) is 5. The first kappa shape index (κ1) is 20.3. The average Bonchev–Trinajstić information content (AvgIpc) is 2.70. The molecular weight excluding hydrogens is 397 g/mol. The van der Waals surface area contributed by atoms with Gasteiger partial charge in [0.15, 0.2) is 0 Å². The van der Waals surface area contributed by atoms with Gasteiger partial charge in [0.2, 0.25) is 0 Å². The smallest absolute Gasteiger partial charge is 0.323 e. The van der Waals surface area contributed by atoms with Gasteiger partial charge in [0.25, 0.3) is 0 Å². The highest BCUT2D eigenvalue weighted by atomic mass is 35.5. The molecular formula is C21H19Cl2N3O2. The van der Waals surface area contributed by atoms with Crippen LogP contribution in [0.4, 0.5) is 0 Å². The van der Waals surface area contributed by atoms with E-state index < -0.39 is 6.04 Å². The number of hydrogen-bond donors (Lipinski definition) is 1. The molecule has 0 amide bonds. The van der Waals surface area contributed by atoms with E-state index in [4.69, 9.17) is 27.9 Å². The highest BCUT2D eigenvalue weighted by molar-refractivity contribution is 6.32. The summed E-state index contributed by atoms with van der Waals surface area (Å²) in [7, 11) is 1.72. The Balaban J connectivity index is 1.60. The van der Waals surface area contributed by atoms with Gasteiger partial charge in [-0.25, -0.2) is 4.98 Å². The SMILES string of the molecule is CN[C@@H](Cc1ccc(-c2ccccc2)nc1)C(=O)OCc1cc(Cl)nc(Cl)c1. The number of rotatable bonds is 7. The van der Waals surface area contributed by atoms with Crippen LogP contribution >= 0.6 is 23.2 Å². The molecule has 0 aliphatic carbocycles. The summed E-state index contributed by atoms with van der Waals surface area (Å²) in [5.41, 5.74) is 3.56. The van der Waals surface area contributed by atoms with Gasteiger partial charge in [-0.3, -0.25) is 9.78 Å². The third-order valence-electron chi connectivity index (χ3n) is 4.17. The number of pyridine rings is 2. The lowest BCUT2D eigenvalue weighted by Crippen LogP contribution is -2.37. The number of carbonyl (C=O) groups is 1. The Kier molecular flexibility index (Phi) is 6.98. The van der Waals surface area contributed by atoms with Crippen molar-refractivity contribution in [3.05, 3.63) is 82.2 Å². The van der Waals surface area contributed by atoms with Crippen molar-refractivity contribution in [2.75, 3.05) is 7.05 Å². The Labute approximate surface area is 173 Å². The number of halogens is 2. The van der Waals surface area contributed by atoms with E-state index in [2.05, 4.69) is 15.3 Å². The van der Waals surface area contributed by atoms with E-state index in [1.807, 2.05) is 42.5 Å². The molecule has 0 spiro atoms. The Bertz CT molecular complexity index is 914. The highest BCUT2D eigenvalue weighted by Crippen LogP contribution is 2.18. The molecule has 2 heterocycles. The Hall–Kier alpha value is -2.47. The van der Waals surface area contributed by atoms with Crippen molar-refractivity contribution in [3.63, 3.8) is 0 Å². The standard InChI is InChI=1S/C21H19Cl2N3O2/c1-24-18(21(27)28-13-15-10-19(22)26-20(23)11-15)9-14-7-8-17(25-12-14)16-5-3-2-4-6-16/h2-8,10-12,18,24H,9,13H2,1H3/t18-/m0/s1. The van der Waals surface area contributed by atoms with Crippen LogP contribution in [-0.4, -0.2) is 29.0 Å². The lowest BCUT2D eigenvalue weighted by molar-refractivity contribution is -0.147. The van der Waals surface area contributed by atoms with E-state index in [-0.39, 0.29) is 22.9 Å². The van der Waals surface area contributed by atoms with Crippen LogP contribution in [-0.2, 0) is 22.6 Å². The van der Waals surface area contributed by atoms with Crippen molar-refractivity contribution in [2.45, 2.75) is 19.1 Å². The summed E-state index contributed by atoms with van der Waals surface area (Å²) in [5.74, 6) is -0.362. The fraction of sp³-hybridized carbons (Fsp3) is 0.190. The lowest BCUT2D eigenvalue weighted by Gasteiger charge is -2.15. The van der Waals surface area contributed by atoms with Gasteiger partial charge in [-0.1, -0.05) is 59.6 Å². The van der Waals surface area contributed by atoms with Gasteiger partial charge in [-0.2, -0.15) is 0 Å². The van der Waals surface area contributed by atoms with Crippen molar-refractivity contribution >= 4 is 29.2 Å². The quantitative estimate of drug-likeness (QED) is 0.459. The summed E-state index contributed by atoms with van der Waals surface area (Å²) in [5, 5.41) is 3.50. The molecule has 0 bridgehead atoms. The normalized spacial score (nSPS) is 11.8. The highest BCUT2D eigenvalue weighted by Gasteiger charge is 2.19. The number of nitrogens with one attached hydrogen (secondary N) is 1. The topological polar surface area (TPSA) is 64.1 Å². The zero-order valence-electron chi connectivity index (χ0n) is 15.2. The van der Waals surface area contributed by atoms with Crippen molar-refractivity contribution < 1.29 is 9.53 Å². The predicted molar refractivity (Wildman–Crippen MR) is 110 cm³/mol. The van der Waals surface area contributed by atoms with Gasteiger partial charge in [0, 0.05) is 11.8 Å². The molecule has 0 radical (unpaired) electrons. The molecule has 3 aromatic rings. The van der Waals surface area contributed by atoms with Crippen LogP contribution < -0.4 is 5.32 Å². The Morgan fingerprint density at radius 1 is 1.07 bits per heavy atom. The number of ether oxygens (including phenoxy) is 1. The van der Waals surface area contributed by atoms with Crippen LogP contribution in [0.2, 0.25) is 10.3 Å². The van der Waals surface area contributed by atoms with E-state index in [9.17, 15) is 4.79 Å². The zero-order valence-corrected chi connectivity index (χ0v) is 16.7. The minimum Gasteiger partial charge on any atom is -0.460 e. The molecule has 0 fully saturated rings. The first-order valence-electron chi connectivity index (χ1n) is 8.71. The summed E-state index contributed by atoms with van der Waals surface area (Å²) in [4.78, 5) is 20.8. The number of esters is 1. The van der Waals surface area contributed by atoms with Crippen molar-refractivity contribution in [1.29, 1.82) is 0 Å². The summed E-state index contributed by atoms with van der Waals surface area (Å²) in [6, 6.07) is 16.6. The number of likely N-dealkylation sites (N-methyl/N-ethyl adjacent to an activating group) is 1. The molecule has 0 saturated heterocycles. The van der Waals surface area contributed by atoms with Crippen LogP contribution in [0.3, 0.4) is 0 Å². The third-order valence-corrected chi connectivity index (χ3v) is 4.56. The largest absolute Gasteiger partial charge is 0.460 e. The molecule has 3 rings (SSSR count). The van der Waals surface area contributed by atoms with E-state index in [0.29, 0.717) is 12.0 Å². The van der Waals surface area contributed by atoms with Crippen molar-refractivity contribution in [3.8, 4) is 11.3 Å². The second-order valence-electron chi connectivity index (χ2n) is 6.19. The van der Waals surface area contributed by atoms with Crippen LogP contribution in [0.1, 0.15) is 11.1 Å². The minimum atomic E-state index is -0.489. The van der Waals surface area contributed by atoms with Crippen molar-refractivity contribution in [1.82, 2.24) is 15.3 Å². The van der Waals surface area contributed by atoms with Crippen LogP contribution in [0, 0.1) is 0 Å². The van der Waals surface area contributed by atoms with Gasteiger partial charge in [-0.05, 0) is 42.8 Å². The lowest BCUT2D eigenvalue weighted by atomic mass is 10.1. The fourth-order valence-corrected chi connectivity index (χ4v) is 3.22. The minimum absolute atomic E-state index is 0.0736. The van der Waals surface area contributed by atoms with Crippen LogP contribution in [0.5, 0.6) is 0 Å². The molecule has 1 aromatic carbocycles. The first-order valence-corrected chi connectivity index (χ1v) is 9.47. The molecule has 0 saturated carbocycles. The van der Waals surface area contributed by atoms with E-state index in [1.165, 1.54) is 0 Å². The van der Waals surface area contributed by atoms with E-state index >= 15 is 0 Å². The molecule has 1 N–H and O–H groups in total. The van der Waals surface area contributed by atoms with Gasteiger partial charge in [-0.15, -0.1) is 0 Å². The van der Waals surface area contributed by atoms with Crippen LogP contribution in [0.25, 0.3) is 11.3 Å². The molecule has 28 heavy (non-hydrogen) atoms. The summed E-state index contributed by atoms with van der Waals surface area (Å²) in [6.07, 6.45) is 2.25. The molecule has 0 aliphatic rings. The summed E-state index contributed by atoms with van der Waals surface area (Å²) in [6.45, 7) is 0.0736. The second kappa shape index (κ2) is 9.64. The maximum atomic E-state index is 12.4. The van der Waals surface area contributed by atoms with Gasteiger partial charge in [0.1, 0.15) is 23.0 Å². The molecule has 2 aromatic heterocycles. The summed E-state index contributed by atoms with van der Waals surface area (Å²) >= 11 is 11.7. The molecule has 1 atom stereocenters. The Morgan fingerprint density at radius 3 is 2.39 bits per heavy atom. The van der Waals surface area contributed by atoms with Gasteiger partial charge >= 0.3 is 5.97 Å². The average molecular weight is 416 g/mol. The van der Waals surface area contributed by atoms with Crippen molar-refractivity contribution in [2.24, 2.45) is 0 Å². The van der Waals surface area contributed by atoms with Gasteiger partial charge in [0.05, 0.1) is 5.69 Å². The molecule has 144 valence electrons. The maximum Gasteiger partial charge on any atom is 0.323 e. The Morgan fingerprint density at radius 2 is 1.79 bits per heavy atom. The maximum absolute atomic E-state index is 12.4. The first-order chi connectivity index (χ1) is 13.5.